The van der Waals surface area contributed by atoms with Crippen LogP contribution in [0.4, 0.5) is 13.2 Å². The lowest BCUT2D eigenvalue weighted by Gasteiger charge is -2.24. The van der Waals surface area contributed by atoms with Crippen LogP contribution in [-0.4, -0.2) is 37.0 Å². The number of rotatable bonds is 4. The molecular formula is C27H29F3N2O5S. The van der Waals surface area contributed by atoms with Crippen molar-refractivity contribution in [3.8, 4) is 5.75 Å². The fourth-order valence-electron chi connectivity index (χ4n) is 5.70. The molecule has 3 aromatic rings. The molecule has 0 radical (unpaired) electrons. The molecule has 0 aliphatic carbocycles. The number of hydrogen-bond acceptors (Lipinski definition) is 6. The third kappa shape index (κ3) is 4.55. The van der Waals surface area contributed by atoms with Gasteiger partial charge in [0.25, 0.3) is 0 Å². The summed E-state index contributed by atoms with van der Waals surface area (Å²) in [4.78, 5) is 13.0. The lowest BCUT2D eigenvalue weighted by atomic mass is 9.95. The molecule has 3 heterocycles. The van der Waals surface area contributed by atoms with Crippen molar-refractivity contribution < 1.29 is 35.9 Å². The van der Waals surface area contributed by atoms with Crippen LogP contribution in [0.1, 0.15) is 66.8 Å². The minimum absolute atomic E-state index is 0.0468. The third-order valence-electron chi connectivity index (χ3n) is 7.05. The molecule has 2 aliphatic heterocycles. The molecular weight excluding hydrogens is 521 g/mol. The van der Waals surface area contributed by atoms with Gasteiger partial charge in [0.05, 0.1) is 20.9 Å². The summed E-state index contributed by atoms with van der Waals surface area (Å²) >= 11 is 0. The predicted octanol–water partition coefficient (Wildman–Crippen LogP) is 5.52. The summed E-state index contributed by atoms with van der Waals surface area (Å²) in [6.45, 7) is 6.82. The van der Waals surface area contributed by atoms with Crippen LogP contribution >= 0.6 is 0 Å². The van der Waals surface area contributed by atoms with Crippen LogP contribution < -0.4 is 10.1 Å². The highest BCUT2D eigenvalue weighted by molar-refractivity contribution is 7.91. The fourth-order valence-corrected chi connectivity index (χ4v) is 7.27. The van der Waals surface area contributed by atoms with Gasteiger partial charge in [-0.05, 0) is 75.9 Å². The Kier molecular flexibility index (Phi) is 6.11. The molecule has 11 heteroatoms. The maximum Gasteiger partial charge on any atom is 0.573 e. The van der Waals surface area contributed by atoms with Gasteiger partial charge in [-0.3, -0.25) is 0 Å². The highest BCUT2D eigenvalue weighted by Gasteiger charge is 2.40. The first kappa shape index (κ1) is 26.6. The van der Waals surface area contributed by atoms with E-state index >= 15 is 0 Å². The fraction of sp³-hybridized carbons (Fsp3) is 0.444. The number of aromatic nitrogens is 1. The smallest absolute Gasteiger partial charge is 0.456 e. The van der Waals surface area contributed by atoms with Gasteiger partial charge >= 0.3 is 12.3 Å². The molecule has 2 bridgehead atoms. The summed E-state index contributed by atoms with van der Waals surface area (Å²) in [6.07, 6.45) is -2.44. The minimum atomic E-state index is -4.99. The molecule has 0 spiro atoms. The zero-order valence-electron chi connectivity index (χ0n) is 21.7. The SMILES string of the molecule is Cc1cc(S(=O)(=O)c2cccc(OC(F)(F)F)c2)c(C(=O)OC(C)(C)C)c2c3c(n(C)c12)CC1CCC3N1. The van der Waals surface area contributed by atoms with Crippen molar-refractivity contribution in [2.75, 3.05) is 0 Å². The molecule has 2 atom stereocenters. The van der Waals surface area contributed by atoms with Crippen LogP contribution in [0.5, 0.6) is 5.75 Å². The first-order valence-electron chi connectivity index (χ1n) is 12.3. The van der Waals surface area contributed by atoms with Gasteiger partial charge in [-0.25, -0.2) is 13.2 Å². The molecule has 2 aliphatic rings. The number of halogens is 3. The van der Waals surface area contributed by atoms with E-state index in [1.165, 1.54) is 18.2 Å². The Morgan fingerprint density at radius 1 is 1.13 bits per heavy atom. The van der Waals surface area contributed by atoms with E-state index in [-0.39, 0.29) is 16.5 Å². The van der Waals surface area contributed by atoms with Crippen molar-refractivity contribution in [1.82, 2.24) is 9.88 Å². The van der Waals surface area contributed by atoms with Gasteiger partial charge in [0.1, 0.15) is 11.4 Å². The summed E-state index contributed by atoms with van der Waals surface area (Å²) in [6, 6.07) is 5.84. The Morgan fingerprint density at radius 2 is 1.84 bits per heavy atom. The molecule has 2 unspecified atom stereocenters. The van der Waals surface area contributed by atoms with E-state index in [1.54, 1.807) is 27.7 Å². The van der Waals surface area contributed by atoms with Gasteiger partial charge in [-0.1, -0.05) is 6.07 Å². The number of nitrogens with zero attached hydrogens (tertiary/aromatic N) is 1. The van der Waals surface area contributed by atoms with Gasteiger partial charge in [0, 0.05) is 36.6 Å². The minimum Gasteiger partial charge on any atom is -0.456 e. The lowest BCUT2D eigenvalue weighted by molar-refractivity contribution is -0.274. The molecule has 5 rings (SSSR count). The Balaban J connectivity index is 1.80. The lowest BCUT2D eigenvalue weighted by Crippen LogP contribution is -2.32. The number of esters is 1. The number of ether oxygens (including phenoxy) is 2. The molecule has 2 aromatic carbocycles. The van der Waals surface area contributed by atoms with E-state index < -0.39 is 38.4 Å². The Morgan fingerprint density at radius 3 is 2.50 bits per heavy atom. The zero-order chi connectivity index (χ0) is 27.8. The van der Waals surface area contributed by atoms with Gasteiger partial charge in [0.15, 0.2) is 0 Å². The molecule has 1 N–H and O–H groups in total. The summed E-state index contributed by atoms with van der Waals surface area (Å²) in [5.74, 6) is -1.48. The maximum absolute atomic E-state index is 14.0. The molecule has 0 saturated carbocycles. The van der Waals surface area contributed by atoms with Crippen molar-refractivity contribution in [3.63, 3.8) is 0 Å². The maximum atomic E-state index is 14.0. The summed E-state index contributed by atoms with van der Waals surface area (Å²) < 4.78 is 78.2. The van der Waals surface area contributed by atoms with Crippen molar-refractivity contribution in [2.24, 2.45) is 7.05 Å². The van der Waals surface area contributed by atoms with Crippen molar-refractivity contribution in [3.05, 3.63) is 52.7 Å². The number of aryl methyl sites for hydroxylation is 2. The second-order valence-corrected chi connectivity index (χ2v) is 12.9. The molecule has 38 heavy (non-hydrogen) atoms. The normalized spacial score (nSPS) is 19.5. The van der Waals surface area contributed by atoms with Crippen molar-refractivity contribution in [1.29, 1.82) is 0 Å². The average Bonchev–Trinajstić information content (AvgIpc) is 3.30. The standard InChI is InChI=1S/C27H29F3N2O5S/c1-14-11-20(38(34,35)17-8-6-7-16(13-17)36-27(28,29)30)22(25(33)37-26(2,3)4)23-21-18-10-9-15(31-18)12-19(21)32(5)24(14)23/h6-8,11,13,15,18,31H,9-10,12H2,1-5H3. The summed E-state index contributed by atoms with van der Waals surface area (Å²) in [5.41, 5.74) is 2.26. The van der Waals surface area contributed by atoms with Crippen molar-refractivity contribution in [2.45, 2.75) is 80.8 Å². The monoisotopic (exact) mass is 550 g/mol. The number of carbonyl (C=O) groups is 1. The van der Waals surface area contributed by atoms with Crippen molar-refractivity contribution >= 4 is 26.7 Å². The number of fused-ring (bicyclic) bond motifs is 6. The van der Waals surface area contributed by atoms with E-state index in [1.807, 2.05) is 11.6 Å². The van der Waals surface area contributed by atoms with Gasteiger partial charge < -0.3 is 19.4 Å². The van der Waals surface area contributed by atoms with Crippen LogP contribution in [-0.2, 0) is 28.0 Å². The van der Waals surface area contributed by atoms with Crippen LogP contribution in [0.3, 0.4) is 0 Å². The third-order valence-corrected chi connectivity index (χ3v) is 8.82. The highest BCUT2D eigenvalue weighted by Crippen LogP contribution is 2.46. The summed E-state index contributed by atoms with van der Waals surface area (Å²) in [7, 11) is -2.56. The number of benzene rings is 2. The first-order valence-corrected chi connectivity index (χ1v) is 13.8. The second-order valence-electron chi connectivity index (χ2n) is 10.9. The Bertz CT molecular complexity index is 1570. The number of nitrogens with one attached hydrogen (secondary N) is 1. The van der Waals surface area contributed by atoms with E-state index in [0.29, 0.717) is 17.0 Å². The molecule has 1 fully saturated rings. The van der Waals surface area contributed by atoms with Gasteiger partial charge in [-0.15, -0.1) is 13.2 Å². The molecule has 204 valence electrons. The van der Waals surface area contributed by atoms with E-state index in [9.17, 15) is 26.4 Å². The van der Waals surface area contributed by atoms with E-state index in [2.05, 4.69) is 10.1 Å². The highest BCUT2D eigenvalue weighted by atomic mass is 32.2. The summed E-state index contributed by atoms with van der Waals surface area (Å²) in [5, 5.41) is 4.08. The largest absolute Gasteiger partial charge is 0.573 e. The molecule has 1 saturated heterocycles. The Hall–Kier alpha value is -3.05. The van der Waals surface area contributed by atoms with Crippen LogP contribution in [0.15, 0.2) is 40.1 Å². The van der Waals surface area contributed by atoms with E-state index in [0.717, 1.165) is 48.2 Å². The number of sulfone groups is 1. The number of hydrogen-bond donors (Lipinski definition) is 1. The number of carbonyl (C=O) groups excluding carboxylic acids is 1. The molecule has 7 nitrogen and oxygen atoms in total. The first-order chi connectivity index (χ1) is 17.6. The van der Waals surface area contributed by atoms with Crippen LogP contribution in [0.2, 0.25) is 0 Å². The van der Waals surface area contributed by atoms with Gasteiger partial charge in [0.2, 0.25) is 9.84 Å². The second kappa shape index (κ2) is 8.74. The molecule has 0 amide bonds. The van der Waals surface area contributed by atoms with Gasteiger partial charge in [-0.2, -0.15) is 0 Å². The topological polar surface area (TPSA) is 86.6 Å². The van der Waals surface area contributed by atoms with E-state index in [4.69, 9.17) is 4.74 Å². The number of alkyl halides is 3. The molecule has 1 aromatic heterocycles. The average molecular weight is 551 g/mol. The predicted molar refractivity (Wildman–Crippen MR) is 134 cm³/mol. The zero-order valence-corrected chi connectivity index (χ0v) is 22.5. The Labute approximate surface area is 218 Å². The quantitative estimate of drug-likeness (QED) is 0.431. The van der Waals surface area contributed by atoms with Crippen LogP contribution in [0.25, 0.3) is 10.9 Å². The van der Waals surface area contributed by atoms with Crippen LogP contribution in [0, 0.1) is 6.92 Å².